The van der Waals surface area contributed by atoms with E-state index in [-0.39, 0.29) is 5.57 Å². The van der Waals surface area contributed by atoms with E-state index in [1.807, 2.05) is 60.7 Å². The van der Waals surface area contributed by atoms with Gasteiger partial charge in [-0.1, -0.05) is 30.3 Å². The number of nitrogens with one attached hydrogen (secondary N) is 1. The van der Waals surface area contributed by atoms with Crippen molar-refractivity contribution in [3.8, 4) is 6.07 Å². The van der Waals surface area contributed by atoms with Crippen molar-refractivity contribution in [1.82, 2.24) is 0 Å². The van der Waals surface area contributed by atoms with Gasteiger partial charge in [0.25, 0.3) is 5.91 Å². The van der Waals surface area contributed by atoms with E-state index in [2.05, 4.69) is 24.1 Å². The first-order valence-electron chi connectivity index (χ1n) is 8.01. The first-order chi connectivity index (χ1) is 11.7. The molecule has 0 fully saturated rings. The molecule has 0 heterocycles. The number of nitriles is 1. The zero-order valence-electron chi connectivity index (χ0n) is 14.0. The lowest BCUT2D eigenvalue weighted by Crippen LogP contribution is -2.21. The van der Waals surface area contributed by atoms with Crippen LogP contribution in [0, 0.1) is 11.3 Å². The Labute approximate surface area is 143 Å². The number of carbonyl (C=O) groups excluding carboxylic acids is 1. The van der Waals surface area contributed by atoms with E-state index >= 15 is 0 Å². The Balaban J connectivity index is 2.11. The van der Waals surface area contributed by atoms with Crippen LogP contribution in [-0.2, 0) is 4.79 Å². The van der Waals surface area contributed by atoms with Gasteiger partial charge in [0, 0.05) is 24.5 Å². The molecule has 122 valence electrons. The smallest absolute Gasteiger partial charge is 0.266 e. The fraction of sp³-hybridized carbons (Fsp3) is 0.200. The van der Waals surface area contributed by atoms with E-state index in [1.54, 1.807) is 6.08 Å². The van der Waals surface area contributed by atoms with Gasteiger partial charge < -0.3 is 10.2 Å². The van der Waals surface area contributed by atoms with Crippen LogP contribution in [0.2, 0.25) is 0 Å². The lowest BCUT2D eigenvalue weighted by Gasteiger charge is -2.21. The van der Waals surface area contributed by atoms with Crippen molar-refractivity contribution in [1.29, 1.82) is 5.26 Å². The summed E-state index contributed by atoms with van der Waals surface area (Å²) < 4.78 is 0. The Morgan fingerprint density at radius 3 is 2.25 bits per heavy atom. The highest BCUT2D eigenvalue weighted by molar-refractivity contribution is 6.09. The molecule has 24 heavy (non-hydrogen) atoms. The molecule has 0 atom stereocenters. The van der Waals surface area contributed by atoms with Gasteiger partial charge in [-0.3, -0.25) is 4.79 Å². The Morgan fingerprint density at radius 2 is 1.71 bits per heavy atom. The second-order valence-corrected chi connectivity index (χ2v) is 5.25. The number of amides is 1. The largest absolute Gasteiger partial charge is 0.372 e. The van der Waals surface area contributed by atoms with Gasteiger partial charge in [-0.25, -0.2) is 0 Å². The van der Waals surface area contributed by atoms with Crippen LogP contribution in [-0.4, -0.2) is 19.0 Å². The van der Waals surface area contributed by atoms with Crippen molar-refractivity contribution >= 4 is 23.4 Å². The van der Waals surface area contributed by atoms with Gasteiger partial charge in [-0.15, -0.1) is 0 Å². The monoisotopic (exact) mass is 319 g/mol. The van der Waals surface area contributed by atoms with Gasteiger partial charge in [0.15, 0.2) is 0 Å². The molecule has 0 radical (unpaired) electrons. The Morgan fingerprint density at radius 1 is 1.08 bits per heavy atom. The van der Waals surface area contributed by atoms with Gasteiger partial charge in [-0.2, -0.15) is 5.26 Å². The molecule has 0 aliphatic carbocycles. The van der Waals surface area contributed by atoms with Crippen LogP contribution in [0.3, 0.4) is 0 Å². The van der Waals surface area contributed by atoms with E-state index in [4.69, 9.17) is 0 Å². The van der Waals surface area contributed by atoms with E-state index in [0.717, 1.165) is 24.3 Å². The Hall–Kier alpha value is -3.06. The number of hydrogen-bond acceptors (Lipinski definition) is 3. The van der Waals surface area contributed by atoms with Crippen molar-refractivity contribution in [3.63, 3.8) is 0 Å². The maximum absolute atomic E-state index is 12.3. The summed E-state index contributed by atoms with van der Waals surface area (Å²) >= 11 is 0. The van der Waals surface area contributed by atoms with Gasteiger partial charge in [0.05, 0.1) is 0 Å². The molecule has 0 aliphatic heterocycles. The number of rotatable bonds is 6. The molecule has 2 aromatic rings. The minimum atomic E-state index is -0.406. The summed E-state index contributed by atoms with van der Waals surface area (Å²) in [4.78, 5) is 14.5. The van der Waals surface area contributed by atoms with E-state index in [0.29, 0.717) is 5.69 Å². The number of nitrogens with zero attached hydrogens (tertiary/aromatic N) is 2. The van der Waals surface area contributed by atoms with Crippen LogP contribution >= 0.6 is 0 Å². The van der Waals surface area contributed by atoms with Crippen molar-refractivity contribution in [2.24, 2.45) is 0 Å². The summed E-state index contributed by atoms with van der Waals surface area (Å²) in [6.07, 6.45) is 1.58. The second-order valence-electron chi connectivity index (χ2n) is 5.25. The van der Waals surface area contributed by atoms with E-state index in [9.17, 15) is 10.1 Å². The van der Waals surface area contributed by atoms with Crippen LogP contribution in [0.1, 0.15) is 19.4 Å². The van der Waals surface area contributed by atoms with Crippen LogP contribution in [0.4, 0.5) is 11.4 Å². The third-order valence-electron chi connectivity index (χ3n) is 3.73. The highest BCUT2D eigenvalue weighted by Gasteiger charge is 2.10. The van der Waals surface area contributed by atoms with Crippen molar-refractivity contribution in [2.45, 2.75) is 13.8 Å². The molecule has 0 aliphatic rings. The molecule has 1 N–H and O–H groups in total. The molecule has 2 aromatic carbocycles. The summed E-state index contributed by atoms with van der Waals surface area (Å²) in [6, 6.07) is 18.9. The predicted molar refractivity (Wildman–Crippen MR) is 98.7 cm³/mol. The zero-order valence-corrected chi connectivity index (χ0v) is 14.0. The minimum Gasteiger partial charge on any atom is -0.372 e. The fourth-order valence-corrected chi connectivity index (χ4v) is 2.41. The fourth-order valence-electron chi connectivity index (χ4n) is 2.41. The molecule has 0 spiro atoms. The van der Waals surface area contributed by atoms with Crippen molar-refractivity contribution in [2.75, 3.05) is 23.3 Å². The third kappa shape index (κ3) is 4.47. The van der Waals surface area contributed by atoms with Crippen molar-refractivity contribution in [3.05, 3.63) is 65.7 Å². The quantitative estimate of drug-likeness (QED) is 0.645. The average Bonchev–Trinajstić information content (AvgIpc) is 2.63. The molecule has 0 aromatic heterocycles. The van der Waals surface area contributed by atoms with Crippen molar-refractivity contribution < 1.29 is 4.79 Å². The van der Waals surface area contributed by atoms with Gasteiger partial charge in [-0.05, 0) is 49.8 Å². The number of anilines is 2. The van der Waals surface area contributed by atoms with E-state index in [1.165, 1.54) is 0 Å². The molecule has 4 nitrogen and oxygen atoms in total. The van der Waals surface area contributed by atoms with Crippen LogP contribution in [0.25, 0.3) is 6.08 Å². The zero-order chi connectivity index (χ0) is 17.4. The van der Waals surface area contributed by atoms with Crippen LogP contribution < -0.4 is 10.2 Å². The highest BCUT2D eigenvalue weighted by Crippen LogP contribution is 2.18. The summed E-state index contributed by atoms with van der Waals surface area (Å²) in [7, 11) is 0. The topological polar surface area (TPSA) is 56.1 Å². The summed E-state index contributed by atoms with van der Waals surface area (Å²) in [6.45, 7) is 6.07. The SMILES string of the molecule is CCN(CC)c1ccc(NC(=O)/C(C#N)=C/c2ccccc2)cc1. The number of hydrogen-bond donors (Lipinski definition) is 1. The van der Waals surface area contributed by atoms with Crippen LogP contribution in [0.15, 0.2) is 60.2 Å². The summed E-state index contributed by atoms with van der Waals surface area (Å²) in [5.74, 6) is -0.406. The minimum absolute atomic E-state index is 0.0778. The second kappa shape index (κ2) is 8.54. The summed E-state index contributed by atoms with van der Waals surface area (Å²) in [5.41, 5.74) is 2.68. The molecule has 0 bridgehead atoms. The molecule has 2 rings (SSSR count). The van der Waals surface area contributed by atoms with Gasteiger partial charge in [0.1, 0.15) is 11.6 Å². The maximum Gasteiger partial charge on any atom is 0.266 e. The molecule has 0 saturated heterocycles. The number of benzene rings is 2. The maximum atomic E-state index is 12.3. The van der Waals surface area contributed by atoms with Crippen LogP contribution in [0.5, 0.6) is 0 Å². The van der Waals surface area contributed by atoms with E-state index < -0.39 is 5.91 Å². The van der Waals surface area contributed by atoms with Gasteiger partial charge in [0.2, 0.25) is 0 Å². The molecular formula is C20H21N3O. The number of carbonyl (C=O) groups is 1. The average molecular weight is 319 g/mol. The third-order valence-corrected chi connectivity index (χ3v) is 3.73. The van der Waals surface area contributed by atoms with Gasteiger partial charge >= 0.3 is 0 Å². The molecule has 0 unspecified atom stereocenters. The Bertz CT molecular complexity index is 739. The highest BCUT2D eigenvalue weighted by atomic mass is 16.1. The molecule has 0 saturated carbocycles. The molecule has 1 amide bonds. The summed E-state index contributed by atoms with van der Waals surface area (Å²) in [5, 5.41) is 12.0. The Kier molecular flexibility index (Phi) is 6.16. The normalized spacial score (nSPS) is 10.8. The standard InChI is InChI=1S/C20H21N3O/c1-3-23(4-2)19-12-10-18(11-13-19)22-20(24)17(15-21)14-16-8-6-5-7-9-16/h5-14H,3-4H2,1-2H3,(H,22,24)/b17-14+. The first-order valence-corrected chi connectivity index (χ1v) is 8.01. The predicted octanol–water partition coefficient (Wildman–Crippen LogP) is 4.08. The first kappa shape index (κ1) is 17.3. The lowest BCUT2D eigenvalue weighted by molar-refractivity contribution is -0.112. The molecular weight excluding hydrogens is 298 g/mol. The molecule has 4 heteroatoms. The lowest BCUT2D eigenvalue weighted by atomic mass is 10.1.